The van der Waals surface area contributed by atoms with Gasteiger partial charge < -0.3 is 9.30 Å². The molecular weight excluding hydrogens is 238 g/mol. The Kier molecular flexibility index (Phi) is 4.70. The summed E-state index contributed by atoms with van der Waals surface area (Å²) in [5.74, 6) is 0.000566. The van der Waals surface area contributed by atoms with E-state index < -0.39 is 0 Å². The van der Waals surface area contributed by atoms with Gasteiger partial charge in [0, 0.05) is 13.2 Å². The van der Waals surface area contributed by atoms with Gasteiger partial charge in [-0.25, -0.2) is 0 Å². The second-order valence-corrected chi connectivity index (χ2v) is 4.26. The van der Waals surface area contributed by atoms with Crippen LogP contribution in [-0.2, 0) is 11.8 Å². The zero-order chi connectivity index (χ0) is 13.5. The molecule has 1 aromatic heterocycles. The highest BCUT2D eigenvalue weighted by atomic mass is 16.5. The smallest absolute Gasteiger partial charge is 0.204 e. The molecule has 0 aliphatic carbocycles. The lowest BCUT2D eigenvalue weighted by atomic mass is 10.2. The van der Waals surface area contributed by atoms with E-state index in [0.29, 0.717) is 12.3 Å². The molecular formula is C16H17NO2. The van der Waals surface area contributed by atoms with E-state index in [1.54, 1.807) is 10.6 Å². The van der Waals surface area contributed by atoms with E-state index >= 15 is 0 Å². The highest BCUT2D eigenvalue weighted by molar-refractivity contribution is 5.95. The maximum absolute atomic E-state index is 11.8. The van der Waals surface area contributed by atoms with Crippen molar-refractivity contribution in [3.63, 3.8) is 0 Å². The number of aromatic nitrogens is 1. The predicted molar refractivity (Wildman–Crippen MR) is 76.0 cm³/mol. The Bertz CT molecular complexity index is 555. The summed E-state index contributed by atoms with van der Waals surface area (Å²) in [6, 6.07) is 13.6. The van der Waals surface area contributed by atoms with Gasteiger partial charge in [0.15, 0.2) is 0 Å². The lowest BCUT2D eigenvalue weighted by Gasteiger charge is -2.02. The molecule has 0 aliphatic heterocycles. The molecule has 98 valence electrons. The van der Waals surface area contributed by atoms with Crippen LogP contribution in [0.5, 0.6) is 0 Å². The van der Waals surface area contributed by atoms with E-state index in [9.17, 15) is 4.79 Å². The summed E-state index contributed by atoms with van der Waals surface area (Å²) in [4.78, 5) is 11.8. The summed E-state index contributed by atoms with van der Waals surface area (Å²) in [5, 5.41) is 0. The third kappa shape index (κ3) is 3.93. The number of benzene rings is 1. The first-order valence-corrected chi connectivity index (χ1v) is 6.21. The molecule has 2 aromatic rings. The minimum atomic E-state index is 0.000566. The number of hydrogen-bond donors (Lipinski definition) is 0. The van der Waals surface area contributed by atoms with E-state index in [-0.39, 0.29) is 12.4 Å². The van der Waals surface area contributed by atoms with Crippen LogP contribution >= 0.6 is 0 Å². The second kappa shape index (κ2) is 6.71. The van der Waals surface area contributed by atoms with Crippen molar-refractivity contribution in [2.45, 2.75) is 0 Å². The fraction of sp³-hybridized carbons (Fsp3) is 0.188. The van der Waals surface area contributed by atoms with Crippen LogP contribution in [0.1, 0.15) is 16.1 Å². The van der Waals surface area contributed by atoms with Crippen molar-refractivity contribution in [1.29, 1.82) is 0 Å². The van der Waals surface area contributed by atoms with Gasteiger partial charge in [0.05, 0.1) is 12.3 Å². The molecule has 19 heavy (non-hydrogen) atoms. The molecule has 0 amide bonds. The highest BCUT2D eigenvalue weighted by Gasteiger charge is 2.07. The van der Waals surface area contributed by atoms with Gasteiger partial charge in [-0.1, -0.05) is 42.5 Å². The Morgan fingerprint density at radius 1 is 1.21 bits per heavy atom. The third-order valence-electron chi connectivity index (χ3n) is 2.79. The number of carbonyl (C=O) groups is 1. The van der Waals surface area contributed by atoms with Crippen molar-refractivity contribution in [1.82, 2.24) is 4.57 Å². The lowest BCUT2D eigenvalue weighted by molar-refractivity contribution is 0.0798. The van der Waals surface area contributed by atoms with Crippen molar-refractivity contribution in [2.75, 3.05) is 13.2 Å². The molecule has 3 nitrogen and oxygen atoms in total. The number of ether oxygens (including phenoxy) is 1. The van der Waals surface area contributed by atoms with Crippen LogP contribution in [0.25, 0.3) is 6.08 Å². The van der Waals surface area contributed by atoms with Crippen LogP contribution in [-0.4, -0.2) is 23.6 Å². The number of nitrogens with zero attached hydrogens (tertiary/aromatic N) is 1. The predicted octanol–water partition coefficient (Wildman–Crippen LogP) is 2.94. The molecule has 3 heteroatoms. The zero-order valence-electron chi connectivity index (χ0n) is 11.0. The zero-order valence-corrected chi connectivity index (χ0v) is 11.0. The SMILES string of the molecule is Cn1cccc1C(=O)COCC=Cc1ccccc1. The quantitative estimate of drug-likeness (QED) is 0.587. The van der Waals surface area contributed by atoms with Crippen molar-refractivity contribution in [2.24, 2.45) is 7.05 Å². The molecule has 2 rings (SSSR count). The first-order valence-electron chi connectivity index (χ1n) is 6.21. The fourth-order valence-electron chi connectivity index (χ4n) is 1.79. The molecule has 0 spiro atoms. The Morgan fingerprint density at radius 3 is 2.68 bits per heavy atom. The van der Waals surface area contributed by atoms with E-state index in [1.807, 2.05) is 61.8 Å². The van der Waals surface area contributed by atoms with E-state index in [1.165, 1.54) is 0 Å². The number of rotatable bonds is 6. The Hall–Kier alpha value is -2.13. The van der Waals surface area contributed by atoms with Gasteiger partial charge in [-0.15, -0.1) is 0 Å². The first-order chi connectivity index (χ1) is 9.27. The number of Topliss-reactive ketones (excluding diaryl/α,β-unsaturated/α-hetero) is 1. The monoisotopic (exact) mass is 255 g/mol. The minimum Gasteiger partial charge on any atom is -0.369 e. The fourth-order valence-corrected chi connectivity index (χ4v) is 1.79. The maximum Gasteiger partial charge on any atom is 0.204 e. The molecule has 0 saturated heterocycles. The molecule has 0 unspecified atom stereocenters. The van der Waals surface area contributed by atoms with E-state index in [0.717, 1.165) is 5.56 Å². The molecule has 0 saturated carbocycles. The van der Waals surface area contributed by atoms with Crippen LogP contribution in [0.4, 0.5) is 0 Å². The molecule has 0 bridgehead atoms. The van der Waals surface area contributed by atoms with E-state index in [4.69, 9.17) is 4.74 Å². The summed E-state index contributed by atoms with van der Waals surface area (Å²) >= 11 is 0. The van der Waals surface area contributed by atoms with Crippen molar-refractivity contribution in [3.05, 3.63) is 66.0 Å². The number of aryl methyl sites for hydroxylation is 1. The van der Waals surface area contributed by atoms with Crippen molar-refractivity contribution < 1.29 is 9.53 Å². The molecule has 1 aromatic carbocycles. The number of hydrogen-bond acceptors (Lipinski definition) is 2. The molecule has 0 radical (unpaired) electrons. The van der Waals surface area contributed by atoms with Crippen LogP contribution in [0.15, 0.2) is 54.7 Å². The summed E-state index contributed by atoms with van der Waals surface area (Å²) in [6.07, 6.45) is 5.74. The largest absolute Gasteiger partial charge is 0.369 e. The summed E-state index contributed by atoms with van der Waals surface area (Å²) in [7, 11) is 1.85. The van der Waals surface area contributed by atoms with Crippen molar-refractivity contribution >= 4 is 11.9 Å². The Balaban J connectivity index is 1.74. The van der Waals surface area contributed by atoms with Gasteiger partial charge in [0.25, 0.3) is 0 Å². The normalized spacial score (nSPS) is 11.0. The summed E-state index contributed by atoms with van der Waals surface area (Å²) in [6.45, 7) is 0.544. The average Bonchev–Trinajstić information content (AvgIpc) is 2.86. The topological polar surface area (TPSA) is 31.2 Å². The standard InChI is InChI=1S/C16H17NO2/c1-17-11-5-10-15(17)16(18)13-19-12-6-9-14-7-3-2-4-8-14/h2-11H,12-13H2,1H3. The van der Waals surface area contributed by atoms with E-state index in [2.05, 4.69) is 0 Å². The number of ketones is 1. The summed E-state index contributed by atoms with van der Waals surface area (Å²) in [5.41, 5.74) is 1.80. The lowest BCUT2D eigenvalue weighted by Crippen LogP contribution is -2.12. The summed E-state index contributed by atoms with van der Waals surface area (Å²) < 4.78 is 7.14. The Morgan fingerprint density at radius 2 is 2.00 bits per heavy atom. The van der Waals surface area contributed by atoms with Gasteiger partial charge in [0.2, 0.25) is 5.78 Å². The third-order valence-corrected chi connectivity index (χ3v) is 2.79. The van der Waals surface area contributed by atoms with Gasteiger partial charge in [-0.2, -0.15) is 0 Å². The van der Waals surface area contributed by atoms with Crippen molar-refractivity contribution in [3.8, 4) is 0 Å². The van der Waals surface area contributed by atoms with Gasteiger partial charge in [-0.05, 0) is 17.7 Å². The maximum atomic E-state index is 11.8. The molecule has 0 N–H and O–H groups in total. The van der Waals surface area contributed by atoms with Gasteiger partial charge in [-0.3, -0.25) is 4.79 Å². The molecule has 0 aliphatic rings. The van der Waals surface area contributed by atoms with Gasteiger partial charge in [0.1, 0.15) is 6.61 Å². The highest BCUT2D eigenvalue weighted by Crippen LogP contribution is 2.02. The first kappa shape index (κ1) is 13.3. The number of carbonyl (C=O) groups excluding carboxylic acids is 1. The van der Waals surface area contributed by atoms with Crippen LogP contribution < -0.4 is 0 Å². The second-order valence-electron chi connectivity index (χ2n) is 4.26. The molecule has 1 heterocycles. The van der Waals surface area contributed by atoms with Crippen LogP contribution in [0.2, 0.25) is 0 Å². The molecule has 0 atom stereocenters. The Labute approximate surface area is 113 Å². The van der Waals surface area contributed by atoms with Crippen LogP contribution in [0.3, 0.4) is 0 Å². The van der Waals surface area contributed by atoms with Gasteiger partial charge >= 0.3 is 0 Å². The molecule has 0 fully saturated rings. The minimum absolute atomic E-state index is 0.000566. The average molecular weight is 255 g/mol. The van der Waals surface area contributed by atoms with Crippen LogP contribution in [0, 0.1) is 0 Å².